The number of amides is 1. The van der Waals surface area contributed by atoms with Crippen LogP contribution in [0.25, 0.3) is 0 Å². The molecule has 1 N–H and O–H groups in total. The van der Waals surface area contributed by atoms with Gasteiger partial charge in [-0.1, -0.05) is 30.3 Å². The maximum Gasteiger partial charge on any atom is 0.338 e. The molecule has 2 aromatic rings. The van der Waals surface area contributed by atoms with E-state index in [0.29, 0.717) is 30.8 Å². The first kappa shape index (κ1) is 20.9. The second-order valence-electron chi connectivity index (χ2n) is 6.94. The number of carbonyl (C=O) groups excluding carboxylic acids is 2. The number of aryl methyl sites for hydroxylation is 1. The molecule has 1 heterocycles. The maximum atomic E-state index is 12.2. The number of hydrogen-bond acceptors (Lipinski definition) is 5. The molecule has 0 spiro atoms. The second kappa shape index (κ2) is 9.09. The first-order chi connectivity index (χ1) is 13.8. The molecule has 0 aliphatic carbocycles. The highest BCUT2D eigenvalue weighted by Crippen LogP contribution is 2.30. The summed E-state index contributed by atoms with van der Waals surface area (Å²) >= 11 is 0. The van der Waals surface area contributed by atoms with Gasteiger partial charge >= 0.3 is 5.97 Å². The minimum Gasteiger partial charge on any atom is -0.452 e. The Hall–Kier alpha value is -2.87. The fourth-order valence-electron chi connectivity index (χ4n) is 3.27. The van der Waals surface area contributed by atoms with Crippen LogP contribution in [-0.4, -0.2) is 46.2 Å². The lowest BCUT2D eigenvalue weighted by molar-refractivity contribution is -0.124. The molecule has 0 saturated heterocycles. The van der Waals surface area contributed by atoms with Crippen LogP contribution in [0.15, 0.2) is 48.5 Å². The minimum absolute atomic E-state index is 0.302. The van der Waals surface area contributed by atoms with Crippen molar-refractivity contribution < 1.29 is 22.7 Å². The summed E-state index contributed by atoms with van der Waals surface area (Å²) in [6, 6.07) is 14.7. The number of rotatable bonds is 8. The first-order valence-corrected chi connectivity index (χ1v) is 11.3. The summed E-state index contributed by atoms with van der Waals surface area (Å²) in [5.74, 6) is -0.958. The molecule has 154 valence electrons. The summed E-state index contributed by atoms with van der Waals surface area (Å²) < 4.78 is 29.9. The molecule has 0 radical (unpaired) electrons. The van der Waals surface area contributed by atoms with Crippen molar-refractivity contribution in [2.45, 2.75) is 19.3 Å². The van der Waals surface area contributed by atoms with Crippen LogP contribution in [0.2, 0.25) is 0 Å². The van der Waals surface area contributed by atoms with E-state index in [-0.39, 0.29) is 12.5 Å². The van der Waals surface area contributed by atoms with Gasteiger partial charge < -0.3 is 10.1 Å². The molecule has 0 bridgehead atoms. The van der Waals surface area contributed by atoms with E-state index in [0.717, 1.165) is 24.7 Å². The van der Waals surface area contributed by atoms with Gasteiger partial charge in [-0.2, -0.15) is 0 Å². The molecule has 29 heavy (non-hydrogen) atoms. The summed E-state index contributed by atoms with van der Waals surface area (Å²) in [5, 5.41) is 2.73. The average molecular weight is 416 g/mol. The molecule has 1 aliphatic heterocycles. The van der Waals surface area contributed by atoms with Gasteiger partial charge in [0.15, 0.2) is 6.61 Å². The van der Waals surface area contributed by atoms with Crippen LogP contribution in [0.5, 0.6) is 0 Å². The molecule has 7 nitrogen and oxygen atoms in total. The quantitative estimate of drug-likeness (QED) is 0.524. The summed E-state index contributed by atoms with van der Waals surface area (Å²) in [6.45, 7) is 0.514. The number of ether oxygens (including phenoxy) is 1. The predicted octanol–water partition coefficient (Wildman–Crippen LogP) is 1.91. The smallest absolute Gasteiger partial charge is 0.338 e. The van der Waals surface area contributed by atoms with Crippen LogP contribution in [0.1, 0.15) is 27.9 Å². The van der Waals surface area contributed by atoms with Crippen molar-refractivity contribution in [3.05, 3.63) is 65.2 Å². The van der Waals surface area contributed by atoms with E-state index in [9.17, 15) is 18.0 Å². The summed E-state index contributed by atoms with van der Waals surface area (Å²) in [5.41, 5.74) is 2.87. The Morgan fingerprint density at radius 3 is 2.62 bits per heavy atom. The predicted molar refractivity (Wildman–Crippen MR) is 110 cm³/mol. The monoisotopic (exact) mass is 416 g/mol. The van der Waals surface area contributed by atoms with Crippen molar-refractivity contribution >= 4 is 27.6 Å². The Balaban J connectivity index is 1.44. The number of esters is 1. The number of nitrogens with zero attached hydrogens (tertiary/aromatic N) is 1. The third-order valence-corrected chi connectivity index (χ3v) is 5.89. The highest BCUT2D eigenvalue weighted by molar-refractivity contribution is 7.92. The lowest BCUT2D eigenvalue weighted by Crippen LogP contribution is -2.29. The largest absolute Gasteiger partial charge is 0.452 e. The zero-order valence-corrected chi connectivity index (χ0v) is 17.1. The minimum atomic E-state index is -3.34. The van der Waals surface area contributed by atoms with E-state index in [1.165, 1.54) is 15.9 Å². The van der Waals surface area contributed by atoms with Crippen LogP contribution in [0.4, 0.5) is 5.69 Å². The van der Waals surface area contributed by atoms with Gasteiger partial charge in [-0.05, 0) is 48.6 Å². The van der Waals surface area contributed by atoms with Crippen LogP contribution >= 0.6 is 0 Å². The van der Waals surface area contributed by atoms with Gasteiger partial charge in [0.05, 0.1) is 17.5 Å². The Bertz CT molecular complexity index is 989. The van der Waals surface area contributed by atoms with Crippen molar-refractivity contribution in [1.82, 2.24) is 5.32 Å². The Morgan fingerprint density at radius 1 is 1.14 bits per heavy atom. The lowest BCUT2D eigenvalue weighted by atomic mass is 10.1. The Kier molecular flexibility index (Phi) is 6.53. The van der Waals surface area contributed by atoms with Gasteiger partial charge in [-0.25, -0.2) is 13.2 Å². The summed E-state index contributed by atoms with van der Waals surface area (Å²) in [6.07, 6.45) is 3.35. The van der Waals surface area contributed by atoms with E-state index in [2.05, 4.69) is 5.32 Å². The SMILES string of the molecule is CS(=O)(=O)N1CCc2cc(C(=O)OCC(=O)NCCCc3ccccc3)ccc21. The number of sulfonamides is 1. The molecular weight excluding hydrogens is 392 g/mol. The van der Waals surface area contributed by atoms with Gasteiger partial charge in [0.2, 0.25) is 10.0 Å². The highest BCUT2D eigenvalue weighted by Gasteiger charge is 2.27. The molecule has 0 aromatic heterocycles. The number of hydrogen-bond donors (Lipinski definition) is 1. The van der Waals surface area contributed by atoms with Crippen molar-refractivity contribution in [3.63, 3.8) is 0 Å². The van der Waals surface area contributed by atoms with Crippen LogP contribution in [0.3, 0.4) is 0 Å². The highest BCUT2D eigenvalue weighted by atomic mass is 32.2. The van der Waals surface area contributed by atoms with Gasteiger partial charge in [0, 0.05) is 13.1 Å². The van der Waals surface area contributed by atoms with E-state index in [1.54, 1.807) is 12.1 Å². The van der Waals surface area contributed by atoms with Crippen LogP contribution in [0, 0.1) is 0 Å². The third kappa shape index (κ3) is 5.57. The van der Waals surface area contributed by atoms with Crippen molar-refractivity contribution in [2.75, 3.05) is 30.3 Å². The fraction of sp³-hybridized carbons (Fsp3) is 0.333. The average Bonchev–Trinajstić information content (AvgIpc) is 3.14. The molecule has 0 unspecified atom stereocenters. The molecule has 8 heteroatoms. The Morgan fingerprint density at radius 2 is 1.90 bits per heavy atom. The molecule has 2 aromatic carbocycles. The molecule has 1 amide bonds. The van der Waals surface area contributed by atoms with E-state index < -0.39 is 16.0 Å². The van der Waals surface area contributed by atoms with Gasteiger partial charge in [0.25, 0.3) is 5.91 Å². The third-order valence-electron chi connectivity index (χ3n) is 4.71. The van der Waals surface area contributed by atoms with Crippen molar-refractivity contribution in [3.8, 4) is 0 Å². The molecular formula is C21H24N2O5S. The van der Waals surface area contributed by atoms with Crippen molar-refractivity contribution in [1.29, 1.82) is 0 Å². The van der Waals surface area contributed by atoms with E-state index >= 15 is 0 Å². The number of fused-ring (bicyclic) bond motifs is 1. The zero-order chi connectivity index (χ0) is 20.9. The standard InChI is InChI=1S/C21H24N2O5S/c1-29(26,27)23-13-11-17-14-18(9-10-19(17)23)21(25)28-15-20(24)22-12-5-8-16-6-3-2-4-7-16/h2-4,6-7,9-10,14H,5,8,11-13,15H2,1H3,(H,22,24). The number of carbonyl (C=O) groups is 2. The summed E-state index contributed by atoms with van der Waals surface area (Å²) in [4.78, 5) is 24.1. The van der Waals surface area contributed by atoms with Gasteiger partial charge in [0.1, 0.15) is 0 Å². The van der Waals surface area contributed by atoms with Crippen LogP contribution in [-0.2, 0) is 32.4 Å². The van der Waals surface area contributed by atoms with Crippen LogP contribution < -0.4 is 9.62 Å². The molecule has 0 fully saturated rings. The molecule has 0 saturated carbocycles. The first-order valence-electron chi connectivity index (χ1n) is 9.43. The van der Waals surface area contributed by atoms with Crippen molar-refractivity contribution in [2.24, 2.45) is 0 Å². The van der Waals surface area contributed by atoms with E-state index in [1.807, 2.05) is 30.3 Å². The van der Waals surface area contributed by atoms with Gasteiger partial charge in [-0.15, -0.1) is 0 Å². The van der Waals surface area contributed by atoms with E-state index in [4.69, 9.17) is 4.74 Å². The van der Waals surface area contributed by atoms with Gasteiger partial charge in [-0.3, -0.25) is 9.10 Å². The summed E-state index contributed by atoms with van der Waals surface area (Å²) in [7, 11) is -3.34. The maximum absolute atomic E-state index is 12.2. The lowest BCUT2D eigenvalue weighted by Gasteiger charge is -2.16. The molecule has 1 aliphatic rings. The topological polar surface area (TPSA) is 92.8 Å². The number of nitrogens with one attached hydrogen (secondary N) is 1. The second-order valence-corrected chi connectivity index (χ2v) is 8.85. The fourth-order valence-corrected chi connectivity index (χ4v) is 4.23. The number of benzene rings is 2. The number of anilines is 1. The normalized spacial score (nSPS) is 13.1. The zero-order valence-electron chi connectivity index (χ0n) is 16.3. The molecule has 3 rings (SSSR count). The molecule has 0 atom stereocenters. The Labute approximate surface area is 170 Å².